The predicted molar refractivity (Wildman–Crippen MR) is 108 cm³/mol. The predicted octanol–water partition coefficient (Wildman–Crippen LogP) is 3.66. The minimum Gasteiger partial charge on any atom is -0.443 e. The van der Waals surface area contributed by atoms with Gasteiger partial charge < -0.3 is 9.53 Å². The summed E-state index contributed by atoms with van der Waals surface area (Å²) < 4.78 is 7.17. The van der Waals surface area contributed by atoms with Gasteiger partial charge in [0.15, 0.2) is 5.65 Å². The lowest BCUT2D eigenvalue weighted by molar-refractivity contribution is -0.108. The number of ether oxygens (including phenoxy) is 1. The summed E-state index contributed by atoms with van der Waals surface area (Å²) in [6.07, 6.45) is 2.50. The Labute approximate surface area is 171 Å². The van der Waals surface area contributed by atoms with Gasteiger partial charge in [-0.2, -0.15) is 14.9 Å². The van der Waals surface area contributed by atoms with Crippen LogP contribution in [0.25, 0.3) is 16.2 Å². The third-order valence-corrected chi connectivity index (χ3v) is 5.47. The van der Waals surface area contributed by atoms with Crippen LogP contribution in [-0.2, 0) is 9.53 Å². The third kappa shape index (κ3) is 3.71. The van der Waals surface area contributed by atoms with Gasteiger partial charge in [-0.25, -0.2) is 9.78 Å². The summed E-state index contributed by atoms with van der Waals surface area (Å²) in [7, 11) is 0. The Morgan fingerprint density at radius 3 is 2.83 bits per heavy atom. The number of rotatable bonds is 4. The lowest BCUT2D eigenvalue weighted by atomic mass is 10.2. The summed E-state index contributed by atoms with van der Waals surface area (Å²) in [4.78, 5) is 31.8. The lowest BCUT2D eigenvalue weighted by Crippen LogP contribution is -2.40. The summed E-state index contributed by atoms with van der Waals surface area (Å²) in [6, 6.07) is 8.88. The first-order valence-corrected chi connectivity index (χ1v) is 9.95. The Morgan fingerprint density at radius 1 is 1.41 bits per heavy atom. The number of aromatic nitrogens is 3. The Morgan fingerprint density at radius 2 is 2.21 bits per heavy atom. The van der Waals surface area contributed by atoms with Crippen LogP contribution < -0.4 is 4.90 Å². The maximum Gasteiger partial charge on any atom is 0.416 e. The first-order valence-electron chi connectivity index (χ1n) is 9.13. The molecule has 0 radical (unpaired) electrons. The van der Waals surface area contributed by atoms with E-state index in [4.69, 9.17) is 10.00 Å². The van der Waals surface area contributed by atoms with E-state index in [2.05, 4.69) is 16.2 Å². The highest BCUT2D eigenvalue weighted by molar-refractivity contribution is 7.15. The smallest absolute Gasteiger partial charge is 0.416 e. The van der Waals surface area contributed by atoms with Gasteiger partial charge in [-0.15, -0.1) is 11.3 Å². The van der Waals surface area contributed by atoms with Crippen LogP contribution in [0.4, 0.5) is 10.6 Å². The number of fused-ring (bicyclic) bond motifs is 1. The number of aldehydes is 1. The molecule has 3 heterocycles. The van der Waals surface area contributed by atoms with Crippen LogP contribution in [-0.4, -0.2) is 38.6 Å². The van der Waals surface area contributed by atoms with E-state index in [0.29, 0.717) is 28.5 Å². The minimum atomic E-state index is -0.685. The Kier molecular flexibility index (Phi) is 4.59. The van der Waals surface area contributed by atoms with E-state index in [0.717, 1.165) is 11.2 Å². The largest absolute Gasteiger partial charge is 0.443 e. The highest BCUT2D eigenvalue weighted by Crippen LogP contribution is 2.39. The molecule has 9 heteroatoms. The highest BCUT2D eigenvalue weighted by Gasteiger charge is 2.47. The Balaban J connectivity index is 1.84. The quantitative estimate of drug-likeness (QED) is 0.610. The average Bonchev–Trinajstić information content (AvgIpc) is 3.06. The van der Waals surface area contributed by atoms with Gasteiger partial charge in [0, 0.05) is 18.1 Å². The van der Waals surface area contributed by atoms with Crippen LogP contribution in [0.5, 0.6) is 0 Å². The number of thiophene rings is 1. The van der Waals surface area contributed by atoms with E-state index in [1.807, 2.05) is 6.07 Å². The van der Waals surface area contributed by atoms with E-state index in [1.54, 1.807) is 49.7 Å². The van der Waals surface area contributed by atoms with Crippen molar-refractivity contribution in [3.05, 3.63) is 35.3 Å². The molecule has 0 saturated heterocycles. The fraction of sp³-hybridized carbons (Fsp3) is 0.350. The molecule has 3 aromatic heterocycles. The molecule has 1 amide bonds. The van der Waals surface area contributed by atoms with E-state index in [-0.39, 0.29) is 12.0 Å². The zero-order chi connectivity index (χ0) is 20.8. The molecule has 8 nitrogen and oxygen atoms in total. The summed E-state index contributed by atoms with van der Waals surface area (Å²) in [6.45, 7) is 5.39. The molecule has 1 fully saturated rings. The van der Waals surface area contributed by atoms with Crippen molar-refractivity contribution < 1.29 is 14.3 Å². The first-order chi connectivity index (χ1) is 13.8. The Hall–Kier alpha value is -3.25. The molecule has 1 saturated carbocycles. The molecule has 0 aliphatic heterocycles. The molecule has 0 N–H and O–H groups in total. The van der Waals surface area contributed by atoms with Crippen molar-refractivity contribution in [2.45, 2.75) is 38.8 Å². The first kappa shape index (κ1) is 19.1. The van der Waals surface area contributed by atoms with Gasteiger partial charge in [0.05, 0.1) is 22.8 Å². The number of hydrogen-bond donors (Lipinski definition) is 0. The van der Waals surface area contributed by atoms with Gasteiger partial charge in [0.1, 0.15) is 28.7 Å². The molecule has 0 spiro atoms. The number of hydrogen-bond acceptors (Lipinski definition) is 7. The van der Waals surface area contributed by atoms with Crippen molar-refractivity contribution in [2.24, 2.45) is 5.92 Å². The number of carbonyl (C=O) groups is 2. The molecule has 2 atom stereocenters. The van der Waals surface area contributed by atoms with Crippen molar-refractivity contribution in [1.29, 1.82) is 5.26 Å². The summed E-state index contributed by atoms with van der Waals surface area (Å²) in [5.74, 6) is 0.238. The molecule has 0 aromatic carbocycles. The Bertz CT molecular complexity index is 1140. The van der Waals surface area contributed by atoms with Crippen LogP contribution in [0, 0.1) is 17.2 Å². The van der Waals surface area contributed by atoms with Crippen LogP contribution in [0.2, 0.25) is 0 Å². The fourth-order valence-corrected chi connectivity index (χ4v) is 3.85. The van der Waals surface area contributed by atoms with E-state index >= 15 is 0 Å². The normalized spacial score (nSPS) is 18.3. The molecule has 3 aromatic rings. The molecule has 29 heavy (non-hydrogen) atoms. The summed E-state index contributed by atoms with van der Waals surface area (Å²) in [5.41, 5.74) is 0.493. The van der Waals surface area contributed by atoms with E-state index in [1.165, 1.54) is 16.2 Å². The van der Waals surface area contributed by atoms with Gasteiger partial charge in [-0.05, 0) is 39.3 Å². The number of carbonyl (C=O) groups excluding carboxylic acids is 2. The lowest BCUT2D eigenvalue weighted by Gasteiger charge is -2.28. The number of amides is 1. The van der Waals surface area contributed by atoms with E-state index < -0.39 is 11.7 Å². The maximum absolute atomic E-state index is 13.1. The molecule has 0 bridgehead atoms. The van der Waals surface area contributed by atoms with E-state index in [9.17, 15) is 9.59 Å². The molecule has 1 aliphatic rings. The summed E-state index contributed by atoms with van der Waals surface area (Å²) in [5, 5.41) is 13.4. The van der Waals surface area contributed by atoms with Gasteiger partial charge in [0.2, 0.25) is 0 Å². The minimum absolute atomic E-state index is 0.239. The molecule has 1 aliphatic carbocycles. The van der Waals surface area contributed by atoms with Crippen LogP contribution >= 0.6 is 11.3 Å². The maximum atomic E-state index is 13.1. The topological polar surface area (TPSA) is 101 Å². The second kappa shape index (κ2) is 6.97. The fourth-order valence-electron chi connectivity index (χ4n) is 3.08. The van der Waals surface area contributed by atoms with Crippen LogP contribution in [0.1, 0.15) is 32.1 Å². The summed E-state index contributed by atoms with van der Waals surface area (Å²) >= 11 is 1.32. The molecular formula is C20H19N5O3S. The van der Waals surface area contributed by atoms with Crippen molar-refractivity contribution in [3.8, 4) is 16.6 Å². The SMILES string of the molecule is CC(C)(C)OC(=O)N(c1cc(-c2ccc(C#N)s2)nc2ccnn12)C1CC1C=O. The standard InChI is InChI=1S/C20H19N5O3S/c1-20(2,3)28-19(27)24(15-8-12(15)11-26)18-9-14(16-5-4-13(10-21)29-16)23-17-6-7-22-25(17)18/h4-7,9,11-12,15H,8H2,1-3H3. The average molecular weight is 409 g/mol. The zero-order valence-corrected chi connectivity index (χ0v) is 17.0. The molecule has 4 rings (SSSR count). The number of nitriles is 1. The van der Waals surface area contributed by atoms with Gasteiger partial charge >= 0.3 is 6.09 Å². The molecular weight excluding hydrogens is 390 g/mol. The third-order valence-electron chi connectivity index (χ3n) is 4.46. The number of nitrogens with zero attached hydrogens (tertiary/aromatic N) is 5. The monoisotopic (exact) mass is 409 g/mol. The number of anilines is 1. The van der Waals surface area contributed by atoms with Crippen molar-refractivity contribution >= 4 is 35.2 Å². The zero-order valence-electron chi connectivity index (χ0n) is 16.2. The second-order valence-electron chi connectivity index (χ2n) is 7.83. The van der Waals surface area contributed by atoms with Gasteiger partial charge in [0.25, 0.3) is 0 Å². The molecule has 2 unspecified atom stereocenters. The van der Waals surface area contributed by atoms with Gasteiger partial charge in [-0.1, -0.05) is 0 Å². The second-order valence-corrected chi connectivity index (χ2v) is 8.91. The van der Waals surface area contributed by atoms with Crippen LogP contribution in [0.15, 0.2) is 30.5 Å². The van der Waals surface area contributed by atoms with Crippen molar-refractivity contribution in [3.63, 3.8) is 0 Å². The molecule has 148 valence electrons. The van der Waals surface area contributed by atoms with Crippen LogP contribution in [0.3, 0.4) is 0 Å². The van der Waals surface area contributed by atoms with Crippen molar-refractivity contribution in [2.75, 3.05) is 4.90 Å². The van der Waals surface area contributed by atoms with Crippen molar-refractivity contribution in [1.82, 2.24) is 14.6 Å². The highest BCUT2D eigenvalue weighted by atomic mass is 32.1. The van der Waals surface area contributed by atoms with Gasteiger partial charge in [-0.3, -0.25) is 4.90 Å².